The van der Waals surface area contributed by atoms with Crippen molar-refractivity contribution in [3.8, 4) is 0 Å². The number of hydrogen-bond donors (Lipinski definition) is 3. The Bertz CT molecular complexity index is 635. The van der Waals surface area contributed by atoms with Gasteiger partial charge in [0.05, 0.1) is 11.7 Å². The molecule has 1 heterocycles. The second kappa shape index (κ2) is 8.49. The van der Waals surface area contributed by atoms with Crippen molar-refractivity contribution in [2.45, 2.75) is 39.2 Å². The van der Waals surface area contributed by atoms with Gasteiger partial charge in [0.1, 0.15) is 5.76 Å². The molecule has 1 aromatic carbocycles. The van der Waals surface area contributed by atoms with Crippen LogP contribution >= 0.6 is 0 Å². The van der Waals surface area contributed by atoms with Gasteiger partial charge in [0.25, 0.3) is 0 Å². The maximum absolute atomic E-state index is 12.2. The number of benzene rings is 1. The molecule has 2 aromatic rings. The van der Waals surface area contributed by atoms with Crippen LogP contribution in [0.25, 0.3) is 0 Å². The van der Waals surface area contributed by atoms with E-state index in [0.29, 0.717) is 18.7 Å². The lowest BCUT2D eigenvalue weighted by Crippen LogP contribution is -2.39. The van der Waals surface area contributed by atoms with E-state index in [1.165, 1.54) is 0 Å². The van der Waals surface area contributed by atoms with E-state index in [1.54, 1.807) is 0 Å². The minimum absolute atomic E-state index is 0.0799. The predicted octanol–water partition coefficient (Wildman–Crippen LogP) is 2.82. The van der Waals surface area contributed by atoms with E-state index in [1.807, 2.05) is 51.1 Å². The maximum atomic E-state index is 12.2. The van der Waals surface area contributed by atoms with Gasteiger partial charge >= 0.3 is 6.03 Å². The standard InChI is InChI=1S/C18H25N3O3/c1-12(17-13(2)21-24-14(17)3)20-18(23)19-11-16(9-10-22)15-7-5-4-6-8-15/h4-8,12,16,22H,9-11H2,1-3H3,(H2,19,20,23). The van der Waals surface area contributed by atoms with Crippen LogP contribution in [0.15, 0.2) is 34.9 Å². The molecular weight excluding hydrogens is 306 g/mol. The van der Waals surface area contributed by atoms with Crippen LogP contribution in [0.1, 0.15) is 47.9 Å². The Hall–Kier alpha value is -2.34. The molecule has 0 spiro atoms. The molecule has 0 saturated heterocycles. The van der Waals surface area contributed by atoms with Gasteiger partial charge in [-0.25, -0.2) is 4.79 Å². The summed E-state index contributed by atoms with van der Waals surface area (Å²) >= 11 is 0. The highest BCUT2D eigenvalue weighted by atomic mass is 16.5. The molecule has 130 valence electrons. The van der Waals surface area contributed by atoms with E-state index in [0.717, 1.165) is 16.8 Å². The molecule has 0 aliphatic rings. The summed E-state index contributed by atoms with van der Waals surface area (Å²) in [6.45, 7) is 6.13. The highest BCUT2D eigenvalue weighted by Gasteiger charge is 2.19. The Morgan fingerprint density at radius 1 is 1.29 bits per heavy atom. The van der Waals surface area contributed by atoms with Gasteiger partial charge in [-0.2, -0.15) is 0 Å². The Kier molecular flexibility index (Phi) is 6.37. The summed E-state index contributed by atoms with van der Waals surface area (Å²) in [5.41, 5.74) is 2.79. The van der Waals surface area contributed by atoms with Gasteiger partial charge in [-0.15, -0.1) is 0 Å². The van der Waals surface area contributed by atoms with Gasteiger partial charge in [0, 0.05) is 24.6 Å². The van der Waals surface area contributed by atoms with Crippen LogP contribution in [0.4, 0.5) is 4.79 Å². The van der Waals surface area contributed by atoms with Gasteiger partial charge in [-0.3, -0.25) is 0 Å². The molecule has 2 rings (SSSR count). The SMILES string of the molecule is Cc1noc(C)c1C(C)NC(=O)NCC(CCO)c1ccccc1. The lowest BCUT2D eigenvalue weighted by atomic mass is 9.96. The van der Waals surface area contributed by atoms with Crippen molar-refractivity contribution in [2.24, 2.45) is 0 Å². The summed E-state index contributed by atoms with van der Waals surface area (Å²) in [5, 5.41) is 18.9. The third-order valence-electron chi connectivity index (χ3n) is 4.13. The quantitative estimate of drug-likeness (QED) is 0.728. The molecular formula is C18H25N3O3. The third-order valence-corrected chi connectivity index (χ3v) is 4.13. The second-order valence-corrected chi connectivity index (χ2v) is 5.93. The topological polar surface area (TPSA) is 87.4 Å². The molecule has 24 heavy (non-hydrogen) atoms. The van der Waals surface area contributed by atoms with E-state index in [-0.39, 0.29) is 24.6 Å². The van der Waals surface area contributed by atoms with Crippen molar-refractivity contribution in [1.82, 2.24) is 15.8 Å². The fraction of sp³-hybridized carbons (Fsp3) is 0.444. The highest BCUT2D eigenvalue weighted by molar-refractivity contribution is 5.74. The van der Waals surface area contributed by atoms with Crippen molar-refractivity contribution in [3.05, 3.63) is 52.9 Å². The molecule has 0 radical (unpaired) electrons. The molecule has 1 aromatic heterocycles. The van der Waals surface area contributed by atoms with E-state index in [4.69, 9.17) is 4.52 Å². The number of aliphatic hydroxyl groups excluding tert-OH is 1. The van der Waals surface area contributed by atoms with Crippen LogP contribution in [0.5, 0.6) is 0 Å². The van der Waals surface area contributed by atoms with Crippen LogP contribution < -0.4 is 10.6 Å². The van der Waals surface area contributed by atoms with Crippen molar-refractivity contribution in [2.75, 3.05) is 13.2 Å². The summed E-state index contributed by atoms with van der Waals surface area (Å²) in [5.74, 6) is 0.791. The number of amides is 2. The third kappa shape index (κ3) is 4.58. The van der Waals surface area contributed by atoms with Gasteiger partial charge in [-0.05, 0) is 32.8 Å². The fourth-order valence-corrected chi connectivity index (χ4v) is 2.91. The summed E-state index contributed by atoms with van der Waals surface area (Å²) < 4.78 is 5.14. The Morgan fingerprint density at radius 2 is 2.00 bits per heavy atom. The van der Waals surface area contributed by atoms with E-state index in [2.05, 4.69) is 15.8 Å². The monoisotopic (exact) mass is 331 g/mol. The second-order valence-electron chi connectivity index (χ2n) is 5.93. The summed E-state index contributed by atoms with van der Waals surface area (Å²) in [6, 6.07) is 9.44. The lowest BCUT2D eigenvalue weighted by Gasteiger charge is -2.19. The first-order valence-electron chi connectivity index (χ1n) is 8.15. The Balaban J connectivity index is 1.91. The van der Waals surface area contributed by atoms with Crippen LogP contribution in [-0.4, -0.2) is 29.4 Å². The number of hydrogen-bond acceptors (Lipinski definition) is 4. The van der Waals surface area contributed by atoms with E-state index in [9.17, 15) is 9.90 Å². The minimum atomic E-state index is -0.249. The Labute approximate surface area is 142 Å². The minimum Gasteiger partial charge on any atom is -0.396 e. The first kappa shape index (κ1) is 18.0. The van der Waals surface area contributed by atoms with Crippen LogP contribution in [-0.2, 0) is 0 Å². The number of carbonyl (C=O) groups is 1. The molecule has 2 unspecified atom stereocenters. The molecule has 0 saturated carbocycles. The number of carbonyl (C=O) groups excluding carboxylic acids is 1. The zero-order valence-corrected chi connectivity index (χ0v) is 14.4. The van der Waals surface area contributed by atoms with Crippen molar-refractivity contribution < 1.29 is 14.4 Å². The molecule has 0 aliphatic carbocycles. The largest absolute Gasteiger partial charge is 0.396 e. The predicted molar refractivity (Wildman–Crippen MR) is 91.8 cm³/mol. The maximum Gasteiger partial charge on any atom is 0.315 e. The molecule has 0 aliphatic heterocycles. The van der Waals surface area contributed by atoms with Crippen LogP contribution in [0, 0.1) is 13.8 Å². The Morgan fingerprint density at radius 3 is 2.58 bits per heavy atom. The zero-order chi connectivity index (χ0) is 17.5. The normalized spacial score (nSPS) is 13.3. The molecule has 6 nitrogen and oxygen atoms in total. The van der Waals surface area contributed by atoms with Crippen molar-refractivity contribution in [1.29, 1.82) is 0 Å². The van der Waals surface area contributed by atoms with Gasteiger partial charge in [-0.1, -0.05) is 35.5 Å². The van der Waals surface area contributed by atoms with Gasteiger partial charge < -0.3 is 20.3 Å². The summed E-state index contributed by atoms with van der Waals surface area (Å²) in [6.07, 6.45) is 0.601. The first-order valence-corrected chi connectivity index (χ1v) is 8.15. The summed E-state index contributed by atoms with van der Waals surface area (Å²) in [7, 11) is 0. The number of aliphatic hydroxyl groups is 1. The number of aromatic nitrogens is 1. The number of aryl methyl sites for hydroxylation is 2. The number of nitrogens with zero attached hydrogens (tertiary/aromatic N) is 1. The first-order chi connectivity index (χ1) is 11.5. The molecule has 0 bridgehead atoms. The van der Waals surface area contributed by atoms with Gasteiger partial charge in [0.2, 0.25) is 0 Å². The van der Waals surface area contributed by atoms with Crippen molar-refractivity contribution in [3.63, 3.8) is 0 Å². The van der Waals surface area contributed by atoms with E-state index >= 15 is 0 Å². The highest BCUT2D eigenvalue weighted by Crippen LogP contribution is 2.21. The molecule has 3 N–H and O–H groups in total. The summed E-state index contributed by atoms with van der Waals surface area (Å²) in [4.78, 5) is 12.2. The molecule has 2 amide bonds. The van der Waals surface area contributed by atoms with Gasteiger partial charge in [0.15, 0.2) is 0 Å². The molecule has 6 heteroatoms. The van der Waals surface area contributed by atoms with Crippen LogP contribution in [0.2, 0.25) is 0 Å². The lowest BCUT2D eigenvalue weighted by molar-refractivity contribution is 0.234. The smallest absolute Gasteiger partial charge is 0.315 e. The molecule has 2 atom stereocenters. The average Bonchev–Trinajstić information content (AvgIpc) is 2.91. The molecule has 0 fully saturated rings. The average molecular weight is 331 g/mol. The number of urea groups is 1. The van der Waals surface area contributed by atoms with Crippen molar-refractivity contribution >= 4 is 6.03 Å². The number of rotatable bonds is 7. The fourth-order valence-electron chi connectivity index (χ4n) is 2.91. The van der Waals surface area contributed by atoms with Crippen LogP contribution in [0.3, 0.4) is 0 Å². The zero-order valence-electron chi connectivity index (χ0n) is 14.4. The number of nitrogens with one attached hydrogen (secondary N) is 2. The van der Waals surface area contributed by atoms with E-state index < -0.39 is 0 Å².